The second-order valence-electron chi connectivity index (χ2n) is 4.36. The van der Waals surface area contributed by atoms with Crippen LogP contribution in [0.15, 0.2) is 53.6 Å². The number of nitrogens with zero attached hydrogens (tertiary/aromatic N) is 1. The average molecular weight is 213 g/mol. The molecule has 1 aliphatic rings. The fourth-order valence-corrected chi connectivity index (χ4v) is 2.11. The molecule has 0 fully saturated rings. The van der Waals surface area contributed by atoms with E-state index < -0.39 is 0 Å². The van der Waals surface area contributed by atoms with E-state index in [2.05, 4.69) is 61.2 Å². The van der Waals surface area contributed by atoms with Gasteiger partial charge in [0.15, 0.2) is 0 Å². The van der Waals surface area contributed by atoms with Crippen LogP contribution in [0.3, 0.4) is 0 Å². The molecule has 0 aliphatic carbocycles. The minimum absolute atomic E-state index is 1.04. The van der Waals surface area contributed by atoms with Crippen LogP contribution in [0, 0.1) is 0 Å². The molecule has 0 saturated heterocycles. The smallest absolute Gasteiger partial charge is 0.0240 e. The lowest BCUT2D eigenvalue weighted by atomic mass is 10.0. The largest absolute Gasteiger partial charge is 0.291 e. The van der Waals surface area contributed by atoms with E-state index >= 15 is 0 Å². The molecule has 0 spiro atoms. The van der Waals surface area contributed by atoms with Crippen LogP contribution < -0.4 is 0 Å². The molecule has 1 aromatic carbocycles. The van der Waals surface area contributed by atoms with E-state index in [1.165, 1.54) is 16.7 Å². The Morgan fingerprint density at radius 3 is 2.69 bits per heavy atom. The van der Waals surface area contributed by atoms with Gasteiger partial charge in [-0.3, -0.25) is 4.90 Å². The predicted octanol–water partition coefficient (Wildman–Crippen LogP) is 3.39. The number of benzene rings is 1. The molecule has 1 heterocycles. The third kappa shape index (κ3) is 2.61. The average Bonchev–Trinajstić information content (AvgIpc) is 2.33. The van der Waals surface area contributed by atoms with Gasteiger partial charge in [-0.05, 0) is 30.6 Å². The second-order valence-corrected chi connectivity index (χ2v) is 4.36. The quantitative estimate of drug-likeness (QED) is 0.728. The normalized spacial score (nSPS) is 19.9. The summed E-state index contributed by atoms with van der Waals surface area (Å²) in [6, 6.07) is 10.7. The predicted molar refractivity (Wildman–Crippen MR) is 69.2 cm³/mol. The first kappa shape index (κ1) is 11.2. The van der Waals surface area contributed by atoms with Gasteiger partial charge < -0.3 is 0 Å². The molecular weight excluding hydrogens is 194 g/mol. The zero-order valence-corrected chi connectivity index (χ0v) is 10.1. The molecule has 0 bridgehead atoms. The van der Waals surface area contributed by atoms with Crippen LogP contribution >= 0.6 is 0 Å². The third-order valence-corrected chi connectivity index (χ3v) is 3.15. The molecule has 0 N–H and O–H groups in total. The minimum Gasteiger partial charge on any atom is -0.291 e. The van der Waals surface area contributed by atoms with E-state index in [4.69, 9.17) is 0 Å². The fourth-order valence-electron chi connectivity index (χ4n) is 2.11. The Hall–Kier alpha value is -1.34. The molecule has 2 rings (SSSR count). The van der Waals surface area contributed by atoms with Crippen LogP contribution in [-0.4, -0.2) is 18.0 Å². The highest BCUT2D eigenvalue weighted by atomic mass is 15.1. The first-order valence-corrected chi connectivity index (χ1v) is 5.88. The molecule has 0 atom stereocenters. The first-order chi connectivity index (χ1) is 7.79. The lowest BCUT2D eigenvalue weighted by Gasteiger charge is -2.27. The van der Waals surface area contributed by atoms with Gasteiger partial charge in [-0.25, -0.2) is 0 Å². The van der Waals surface area contributed by atoms with Crippen molar-refractivity contribution in [3.63, 3.8) is 0 Å². The van der Waals surface area contributed by atoms with Crippen LogP contribution in [0.4, 0.5) is 0 Å². The van der Waals surface area contributed by atoms with Gasteiger partial charge in [0.1, 0.15) is 0 Å². The van der Waals surface area contributed by atoms with E-state index in [1.54, 1.807) is 0 Å². The van der Waals surface area contributed by atoms with Gasteiger partial charge >= 0.3 is 0 Å². The lowest BCUT2D eigenvalue weighted by molar-refractivity contribution is 0.312. The number of hydrogen-bond acceptors (Lipinski definition) is 1. The summed E-state index contributed by atoms with van der Waals surface area (Å²) in [5, 5.41) is 0. The molecule has 1 aliphatic heterocycles. The molecule has 1 nitrogen and oxygen atoms in total. The Morgan fingerprint density at radius 2 is 2.00 bits per heavy atom. The number of hydrogen-bond donors (Lipinski definition) is 0. The Labute approximate surface area is 98.1 Å². The minimum atomic E-state index is 1.04. The van der Waals surface area contributed by atoms with Crippen molar-refractivity contribution in [2.45, 2.75) is 20.4 Å². The lowest BCUT2D eigenvalue weighted by Crippen LogP contribution is -2.29. The van der Waals surface area contributed by atoms with Crippen LogP contribution in [0.5, 0.6) is 0 Å². The van der Waals surface area contributed by atoms with Crippen molar-refractivity contribution in [2.75, 3.05) is 13.1 Å². The molecule has 1 heteroatoms. The third-order valence-electron chi connectivity index (χ3n) is 3.15. The van der Waals surface area contributed by atoms with E-state index in [9.17, 15) is 0 Å². The SMILES string of the molecule is CC=C1CN(Cc2ccccc2)CC=C1C. The molecule has 0 amide bonds. The van der Waals surface area contributed by atoms with E-state index in [1.807, 2.05) is 0 Å². The molecule has 84 valence electrons. The Bertz CT molecular complexity index is 401. The molecule has 0 aromatic heterocycles. The summed E-state index contributed by atoms with van der Waals surface area (Å²) in [5.41, 5.74) is 4.29. The van der Waals surface area contributed by atoms with Crippen molar-refractivity contribution in [3.8, 4) is 0 Å². The molecular formula is C15H19N. The fraction of sp³-hybridized carbons (Fsp3) is 0.333. The summed E-state index contributed by atoms with van der Waals surface area (Å²) in [5.74, 6) is 0. The highest BCUT2D eigenvalue weighted by Gasteiger charge is 2.12. The summed E-state index contributed by atoms with van der Waals surface area (Å²) < 4.78 is 0. The van der Waals surface area contributed by atoms with Gasteiger partial charge in [0, 0.05) is 19.6 Å². The highest BCUT2D eigenvalue weighted by molar-refractivity contribution is 5.33. The van der Waals surface area contributed by atoms with Crippen LogP contribution in [0.2, 0.25) is 0 Å². The molecule has 16 heavy (non-hydrogen) atoms. The van der Waals surface area contributed by atoms with Crippen molar-refractivity contribution >= 4 is 0 Å². The van der Waals surface area contributed by atoms with Crippen molar-refractivity contribution in [1.82, 2.24) is 4.90 Å². The van der Waals surface area contributed by atoms with Crippen molar-refractivity contribution < 1.29 is 0 Å². The van der Waals surface area contributed by atoms with Crippen LogP contribution in [0.1, 0.15) is 19.4 Å². The molecule has 0 radical (unpaired) electrons. The van der Waals surface area contributed by atoms with E-state index in [0.717, 1.165) is 19.6 Å². The molecule has 0 saturated carbocycles. The van der Waals surface area contributed by atoms with Crippen LogP contribution in [0.25, 0.3) is 0 Å². The summed E-state index contributed by atoms with van der Waals surface area (Å²) in [6.07, 6.45) is 4.55. The maximum atomic E-state index is 2.47. The zero-order chi connectivity index (χ0) is 11.4. The number of allylic oxidation sites excluding steroid dienone is 1. The van der Waals surface area contributed by atoms with E-state index in [0.29, 0.717) is 0 Å². The summed E-state index contributed by atoms with van der Waals surface area (Å²) in [6.45, 7) is 7.52. The summed E-state index contributed by atoms with van der Waals surface area (Å²) >= 11 is 0. The van der Waals surface area contributed by atoms with Crippen LogP contribution in [-0.2, 0) is 6.54 Å². The zero-order valence-electron chi connectivity index (χ0n) is 10.1. The van der Waals surface area contributed by atoms with Gasteiger partial charge in [-0.1, -0.05) is 42.5 Å². The van der Waals surface area contributed by atoms with Crippen molar-refractivity contribution in [1.29, 1.82) is 0 Å². The van der Waals surface area contributed by atoms with Gasteiger partial charge in [-0.15, -0.1) is 0 Å². The van der Waals surface area contributed by atoms with Crippen molar-refractivity contribution in [2.24, 2.45) is 0 Å². The van der Waals surface area contributed by atoms with Gasteiger partial charge in [0.2, 0.25) is 0 Å². The Kier molecular flexibility index (Phi) is 3.58. The number of rotatable bonds is 2. The standard InChI is InChI=1S/C15H19N/c1-3-15-12-16(10-9-13(15)2)11-14-7-5-4-6-8-14/h3-9H,10-12H2,1-2H3. The monoisotopic (exact) mass is 213 g/mol. The highest BCUT2D eigenvalue weighted by Crippen LogP contribution is 2.18. The maximum Gasteiger partial charge on any atom is 0.0240 e. The Balaban J connectivity index is 2.04. The molecule has 0 unspecified atom stereocenters. The maximum absolute atomic E-state index is 2.47. The topological polar surface area (TPSA) is 3.24 Å². The Morgan fingerprint density at radius 1 is 1.25 bits per heavy atom. The molecule has 1 aromatic rings. The van der Waals surface area contributed by atoms with Gasteiger partial charge in [0.25, 0.3) is 0 Å². The van der Waals surface area contributed by atoms with Gasteiger partial charge in [-0.2, -0.15) is 0 Å². The summed E-state index contributed by atoms with van der Waals surface area (Å²) in [4.78, 5) is 2.47. The first-order valence-electron chi connectivity index (χ1n) is 5.88. The van der Waals surface area contributed by atoms with E-state index in [-0.39, 0.29) is 0 Å². The van der Waals surface area contributed by atoms with Gasteiger partial charge in [0.05, 0.1) is 0 Å². The summed E-state index contributed by atoms with van der Waals surface area (Å²) in [7, 11) is 0. The van der Waals surface area contributed by atoms with Crippen molar-refractivity contribution in [3.05, 3.63) is 59.2 Å². The second kappa shape index (κ2) is 5.13.